The lowest BCUT2D eigenvalue weighted by atomic mass is 10.4. The van der Waals surface area contributed by atoms with E-state index in [1.807, 2.05) is 0 Å². The standard InChI is InChI=1S/C13H15N3O2S2/c1-3-9-19-13-15-14-12(16(13)2)10-20(17,18)11-7-5-4-6-8-11/h3-8H,1,9-10H2,2H3. The summed E-state index contributed by atoms with van der Waals surface area (Å²) in [4.78, 5) is 0.295. The predicted molar refractivity (Wildman–Crippen MR) is 79.3 cm³/mol. The van der Waals surface area contributed by atoms with Crippen LogP contribution in [-0.2, 0) is 22.6 Å². The van der Waals surface area contributed by atoms with E-state index in [9.17, 15) is 8.42 Å². The van der Waals surface area contributed by atoms with Crippen molar-refractivity contribution in [1.82, 2.24) is 14.8 Å². The maximum Gasteiger partial charge on any atom is 0.191 e. The Labute approximate surface area is 122 Å². The first-order valence-corrected chi connectivity index (χ1v) is 8.58. The van der Waals surface area contributed by atoms with Gasteiger partial charge in [-0.1, -0.05) is 36.0 Å². The maximum atomic E-state index is 12.3. The van der Waals surface area contributed by atoms with Crippen LogP contribution in [0.25, 0.3) is 0 Å². The van der Waals surface area contributed by atoms with Crippen LogP contribution in [0.15, 0.2) is 53.0 Å². The zero-order valence-electron chi connectivity index (χ0n) is 11.1. The molecular formula is C13H15N3O2S2. The van der Waals surface area contributed by atoms with E-state index in [4.69, 9.17) is 0 Å². The molecule has 0 saturated heterocycles. The predicted octanol–water partition coefficient (Wildman–Crippen LogP) is 2.07. The van der Waals surface area contributed by atoms with E-state index in [0.29, 0.717) is 21.6 Å². The summed E-state index contributed by atoms with van der Waals surface area (Å²) < 4.78 is 26.2. The summed E-state index contributed by atoms with van der Waals surface area (Å²) in [7, 11) is -1.63. The quantitative estimate of drug-likeness (QED) is 0.604. The van der Waals surface area contributed by atoms with E-state index in [1.54, 1.807) is 48.0 Å². The van der Waals surface area contributed by atoms with Crippen LogP contribution in [0.4, 0.5) is 0 Å². The molecule has 0 saturated carbocycles. The average Bonchev–Trinajstić information content (AvgIpc) is 2.78. The van der Waals surface area contributed by atoms with Gasteiger partial charge in [0.2, 0.25) is 0 Å². The SMILES string of the molecule is C=CCSc1nnc(CS(=O)(=O)c2ccccc2)n1C. The monoisotopic (exact) mass is 309 g/mol. The first kappa shape index (κ1) is 14.8. The lowest BCUT2D eigenvalue weighted by Crippen LogP contribution is -2.09. The molecule has 0 bridgehead atoms. The summed E-state index contributed by atoms with van der Waals surface area (Å²) >= 11 is 1.47. The third kappa shape index (κ3) is 3.29. The minimum Gasteiger partial charge on any atom is -0.308 e. The molecule has 7 heteroatoms. The van der Waals surface area contributed by atoms with Gasteiger partial charge in [0.05, 0.1) is 4.90 Å². The second-order valence-electron chi connectivity index (χ2n) is 4.13. The van der Waals surface area contributed by atoms with Gasteiger partial charge in [0.25, 0.3) is 0 Å². The van der Waals surface area contributed by atoms with Crippen molar-refractivity contribution in [3.05, 3.63) is 48.8 Å². The average molecular weight is 309 g/mol. The molecule has 1 aromatic heterocycles. The number of hydrogen-bond acceptors (Lipinski definition) is 5. The molecule has 1 aromatic carbocycles. The zero-order valence-corrected chi connectivity index (χ0v) is 12.7. The second kappa shape index (κ2) is 6.23. The summed E-state index contributed by atoms with van der Waals surface area (Å²) in [6.07, 6.45) is 1.76. The van der Waals surface area contributed by atoms with Crippen LogP contribution in [0, 0.1) is 0 Å². The molecule has 0 radical (unpaired) electrons. The highest BCUT2D eigenvalue weighted by atomic mass is 32.2. The van der Waals surface area contributed by atoms with Gasteiger partial charge in [0, 0.05) is 12.8 Å². The Morgan fingerprint density at radius 1 is 1.30 bits per heavy atom. The van der Waals surface area contributed by atoms with Gasteiger partial charge < -0.3 is 4.57 Å². The van der Waals surface area contributed by atoms with E-state index in [1.165, 1.54) is 11.8 Å². The molecule has 0 aliphatic heterocycles. The first-order chi connectivity index (χ1) is 9.54. The van der Waals surface area contributed by atoms with E-state index in [2.05, 4.69) is 16.8 Å². The molecule has 0 aliphatic rings. The number of benzene rings is 1. The van der Waals surface area contributed by atoms with Gasteiger partial charge in [-0.3, -0.25) is 0 Å². The highest BCUT2D eigenvalue weighted by Crippen LogP contribution is 2.19. The van der Waals surface area contributed by atoms with Gasteiger partial charge in [0.1, 0.15) is 11.6 Å². The largest absolute Gasteiger partial charge is 0.308 e. The van der Waals surface area contributed by atoms with E-state index in [0.717, 1.165) is 0 Å². The Morgan fingerprint density at radius 2 is 2.00 bits per heavy atom. The molecule has 106 valence electrons. The van der Waals surface area contributed by atoms with Gasteiger partial charge in [-0.25, -0.2) is 8.42 Å². The Morgan fingerprint density at radius 3 is 2.65 bits per heavy atom. The molecule has 2 rings (SSSR count). The van der Waals surface area contributed by atoms with Crippen LogP contribution in [0.5, 0.6) is 0 Å². The number of thioether (sulfide) groups is 1. The van der Waals surface area contributed by atoms with E-state index in [-0.39, 0.29) is 5.75 Å². The fourth-order valence-corrected chi connectivity index (χ4v) is 3.61. The van der Waals surface area contributed by atoms with Crippen LogP contribution in [0.3, 0.4) is 0 Å². The molecular weight excluding hydrogens is 294 g/mol. The summed E-state index contributed by atoms with van der Waals surface area (Å²) in [6, 6.07) is 8.35. The molecule has 0 N–H and O–H groups in total. The smallest absolute Gasteiger partial charge is 0.191 e. The van der Waals surface area contributed by atoms with Crippen LogP contribution in [-0.4, -0.2) is 28.9 Å². The Balaban J connectivity index is 2.22. The normalized spacial score (nSPS) is 11.4. The third-order valence-electron chi connectivity index (χ3n) is 2.68. The molecule has 2 aromatic rings. The Bertz CT molecular complexity index is 694. The van der Waals surface area contributed by atoms with Gasteiger partial charge in [-0.05, 0) is 12.1 Å². The van der Waals surface area contributed by atoms with Crippen molar-refractivity contribution in [2.75, 3.05) is 5.75 Å². The Kier molecular flexibility index (Phi) is 4.61. The van der Waals surface area contributed by atoms with Crippen molar-refractivity contribution in [3.8, 4) is 0 Å². The van der Waals surface area contributed by atoms with Crippen LogP contribution in [0.1, 0.15) is 5.82 Å². The van der Waals surface area contributed by atoms with Crippen molar-refractivity contribution in [1.29, 1.82) is 0 Å². The topological polar surface area (TPSA) is 64.8 Å². The molecule has 5 nitrogen and oxygen atoms in total. The van der Waals surface area contributed by atoms with Crippen LogP contribution in [0.2, 0.25) is 0 Å². The van der Waals surface area contributed by atoms with E-state index >= 15 is 0 Å². The second-order valence-corrected chi connectivity index (χ2v) is 7.11. The molecule has 20 heavy (non-hydrogen) atoms. The minimum atomic E-state index is -3.40. The zero-order chi connectivity index (χ0) is 14.6. The van der Waals surface area contributed by atoms with Gasteiger partial charge in [0.15, 0.2) is 15.0 Å². The van der Waals surface area contributed by atoms with Crippen molar-refractivity contribution in [2.24, 2.45) is 7.05 Å². The van der Waals surface area contributed by atoms with Crippen molar-refractivity contribution in [3.63, 3.8) is 0 Å². The number of rotatable bonds is 6. The molecule has 0 amide bonds. The summed E-state index contributed by atoms with van der Waals surface area (Å²) in [5.74, 6) is 0.979. The number of hydrogen-bond donors (Lipinski definition) is 0. The molecule has 0 unspecified atom stereocenters. The summed E-state index contributed by atoms with van der Waals surface area (Å²) in [5, 5.41) is 8.64. The molecule has 0 aliphatic carbocycles. The lowest BCUT2D eigenvalue weighted by molar-refractivity contribution is 0.591. The third-order valence-corrected chi connectivity index (χ3v) is 5.32. The highest BCUT2D eigenvalue weighted by molar-refractivity contribution is 7.99. The fourth-order valence-electron chi connectivity index (χ4n) is 1.61. The van der Waals surface area contributed by atoms with Crippen molar-refractivity contribution >= 4 is 21.6 Å². The van der Waals surface area contributed by atoms with E-state index < -0.39 is 9.84 Å². The molecule has 0 spiro atoms. The van der Waals surface area contributed by atoms with Crippen LogP contribution < -0.4 is 0 Å². The summed E-state index contributed by atoms with van der Waals surface area (Å²) in [6.45, 7) is 3.64. The van der Waals surface area contributed by atoms with Gasteiger partial charge >= 0.3 is 0 Å². The Hall–Kier alpha value is -1.60. The fraction of sp³-hybridized carbons (Fsp3) is 0.231. The minimum absolute atomic E-state index is 0.158. The highest BCUT2D eigenvalue weighted by Gasteiger charge is 2.19. The number of nitrogens with zero attached hydrogens (tertiary/aromatic N) is 3. The molecule has 1 heterocycles. The molecule has 0 fully saturated rings. The van der Waals surface area contributed by atoms with Gasteiger partial charge in [-0.15, -0.1) is 16.8 Å². The number of sulfone groups is 1. The van der Waals surface area contributed by atoms with Gasteiger partial charge in [-0.2, -0.15) is 0 Å². The van der Waals surface area contributed by atoms with Crippen LogP contribution >= 0.6 is 11.8 Å². The lowest BCUT2D eigenvalue weighted by Gasteiger charge is -2.05. The first-order valence-electron chi connectivity index (χ1n) is 5.94. The maximum absolute atomic E-state index is 12.3. The van der Waals surface area contributed by atoms with Crippen molar-refractivity contribution < 1.29 is 8.42 Å². The summed E-state index contributed by atoms with van der Waals surface area (Å²) in [5.41, 5.74) is 0. The molecule has 0 atom stereocenters. The number of aromatic nitrogens is 3. The van der Waals surface area contributed by atoms with Crippen molar-refractivity contribution in [2.45, 2.75) is 15.8 Å².